The number of allylic oxidation sites excluding steroid dienone is 1. The fourth-order valence-electron chi connectivity index (χ4n) is 5.40. The molecule has 1 unspecified atom stereocenters. The number of nitrogens with zero attached hydrogens (tertiary/aromatic N) is 3. The summed E-state index contributed by atoms with van der Waals surface area (Å²) in [7, 11) is 1.81. The Morgan fingerprint density at radius 1 is 1.29 bits per heavy atom. The Morgan fingerprint density at radius 2 is 1.96 bits per heavy atom. The molecular weight excluding hydrogens is 350 g/mol. The van der Waals surface area contributed by atoms with Crippen LogP contribution in [-0.2, 0) is 18.9 Å². The van der Waals surface area contributed by atoms with Gasteiger partial charge in [0.1, 0.15) is 5.69 Å². The number of aromatic nitrogens is 2. The Kier molecular flexibility index (Phi) is 4.09. The standard InChI is InChI=1S/C23H25N3O2/c1-22(2)17-11-10-16-18(19(27)14-8-6-5-7-9-14)26(4)25-20(16)23(17,3)12-15(13-24)21(22)28/h5-9,12,17,21,28H,10-11H2,1-4H3/t17-,21?,23-/m0/s1. The number of ketones is 1. The van der Waals surface area contributed by atoms with Gasteiger partial charge in [0.15, 0.2) is 0 Å². The van der Waals surface area contributed by atoms with Gasteiger partial charge in [-0.15, -0.1) is 0 Å². The van der Waals surface area contributed by atoms with E-state index in [1.807, 2.05) is 57.3 Å². The van der Waals surface area contributed by atoms with Crippen LogP contribution in [-0.4, -0.2) is 26.8 Å². The van der Waals surface area contributed by atoms with Gasteiger partial charge in [-0.1, -0.05) is 57.2 Å². The molecule has 5 heteroatoms. The van der Waals surface area contributed by atoms with Crippen molar-refractivity contribution in [2.45, 2.75) is 45.1 Å². The van der Waals surface area contributed by atoms with Crippen LogP contribution < -0.4 is 0 Å². The number of carbonyl (C=O) groups is 1. The minimum absolute atomic E-state index is 0.0292. The number of fused-ring (bicyclic) bond motifs is 3. The summed E-state index contributed by atoms with van der Waals surface area (Å²) in [5.41, 5.74) is 2.54. The van der Waals surface area contributed by atoms with Crippen LogP contribution in [0.25, 0.3) is 0 Å². The monoisotopic (exact) mass is 375 g/mol. The molecule has 1 N–H and O–H groups in total. The largest absolute Gasteiger partial charge is 0.387 e. The first-order valence-corrected chi connectivity index (χ1v) is 9.68. The highest BCUT2D eigenvalue weighted by Crippen LogP contribution is 2.56. The highest BCUT2D eigenvalue weighted by molar-refractivity contribution is 6.09. The van der Waals surface area contributed by atoms with E-state index in [2.05, 4.69) is 13.0 Å². The second-order valence-electron chi connectivity index (χ2n) is 8.80. The van der Waals surface area contributed by atoms with Crippen molar-refractivity contribution < 1.29 is 9.90 Å². The number of carbonyl (C=O) groups excluding carboxylic acids is 1. The van der Waals surface area contributed by atoms with Crippen LogP contribution in [0.5, 0.6) is 0 Å². The number of aliphatic hydroxyl groups excluding tert-OH is 1. The van der Waals surface area contributed by atoms with E-state index >= 15 is 0 Å². The molecule has 1 heterocycles. The van der Waals surface area contributed by atoms with E-state index in [0.29, 0.717) is 16.8 Å². The van der Waals surface area contributed by atoms with Crippen molar-refractivity contribution in [3.8, 4) is 6.07 Å². The fourth-order valence-corrected chi connectivity index (χ4v) is 5.40. The second-order valence-corrected chi connectivity index (χ2v) is 8.80. The second kappa shape index (κ2) is 6.15. The minimum Gasteiger partial charge on any atom is -0.387 e. The Hall–Kier alpha value is -2.71. The van der Waals surface area contributed by atoms with E-state index in [4.69, 9.17) is 5.10 Å². The molecule has 2 aromatic rings. The lowest BCUT2D eigenvalue weighted by molar-refractivity contribution is -0.0102. The number of nitriles is 1. The minimum atomic E-state index is -0.786. The quantitative estimate of drug-likeness (QED) is 0.817. The number of aliphatic hydroxyl groups is 1. The number of rotatable bonds is 2. The van der Waals surface area contributed by atoms with E-state index < -0.39 is 16.9 Å². The van der Waals surface area contributed by atoms with Gasteiger partial charge in [-0.05, 0) is 24.2 Å². The van der Waals surface area contributed by atoms with Crippen LogP contribution in [0.1, 0.15) is 54.5 Å². The molecule has 5 nitrogen and oxygen atoms in total. The van der Waals surface area contributed by atoms with Crippen molar-refractivity contribution in [3.63, 3.8) is 0 Å². The van der Waals surface area contributed by atoms with E-state index in [0.717, 1.165) is 24.1 Å². The molecule has 28 heavy (non-hydrogen) atoms. The van der Waals surface area contributed by atoms with E-state index in [9.17, 15) is 15.2 Å². The zero-order chi connectivity index (χ0) is 20.3. The summed E-state index contributed by atoms with van der Waals surface area (Å²) in [4.78, 5) is 13.2. The summed E-state index contributed by atoms with van der Waals surface area (Å²) in [5, 5.41) is 25.1. The highest BCUT2D eigenvalue weighted by atomic mass is 16.3. The van der Waals surface area contributed by atoms with Crippen molar-refractivity contribution in [2.24, 2.45) is 18.4 Å². The van der Waals surface area contributed by atoms with Crippen molar-refractivity contribution in [1.29, 1.82) is 5.26 Å². The van der Waals surface area contributed by atoms with Crippen LogP contribution in [0.3, 0.4) is 0 Å². The molecule has 0 aliphatic heterocycles. The molecule has 1 aromatic carbocycles. The molecule has 0 saturated carbocycles. The maximum atomic E-state index is 13.2. The SMILES string of the molecule is Cn1nc2c(c1C(=O)c1ccccc1)CC[C@H]1C(C)(C)C(O)C(C#N)=C[C@]21C. The van der Waals surface area contributed by atoms with E-state index in [1.54, 1.807) is 4.68 Å². The molecule has 0 bridgehead atoms. The molecule has 0 amide bonds. The van der Waals surface area contributed by atoms with E-state index in [1.165, 1.54) is 0 Å². The molecule has 144 valence electrons. The lowest BCUT2D eigenvalue weighted by atomic mass is 9.52. The molecule has 0 spiro atoms. The third-order valence-electron chi connectivity index (χ3n) is 6.80. The number of benzene rings is 1. The molecule has 0 saturated heterocycles. The molecule has 0 radical (unpaired) electrons. The van der Waals surface area contributed by atoms with Gasteiger partial charge in [0.2, 0.25) is 5.78 Å². The van der Waals surface area contributed by atoms with Crippen LogP contribution in [0.4, 0.5) is 0 Å². The zero-order valence-electron chi connectivity index (χ0n) is 16.7. The summed E-state index contributed by atoms with van der Waals surface area (Å²) in [6, 6.07) is 11.4. The molecule has 2 aliphatic rings. The Bertz CT molecular complexity index is 1030. The molecule has 0 fully saturated rings. The lowest BCUT2D eigenvalue weighted by Crippen LogP contribution is -2.53. The van der Waals surface area contributed by atoms with Crippen molar-refractivity contribution >= 4 is 5.78 Å². The molecule has 4 rings (SSSR count). The smallest absolute Gasteiger partial charge is 0.211 e. The van der Waals surface area contributed by atoms with Gasteiger partial charge in [-0.2, -0.15) is 10.4 Å². The van der Waals surface area contributed by atoms with Gasteiger partial charge in [0.05, 0.1) is 23.4 Å². The Labute approximate surface area is 165 Å². The van der Waals surface area contributed by atoms with Crippen molar-refractivity contribution in [2.75, 3.05) is 0 Å². The summed E-state index contributed by atoms with van der Waals surface area (Å²) in [5.74, 6) is 0.104. The van der Waals surface area contributed by atoms with Crippen molar-refractivity contribution in [1.82, 2.24) is 9.78 Å². The average Bonchev–Trinajstić information content (AvgIpc) is 3.02. The number of hydrogen-bond donors (Lipinski definition) is 1. The van der Waals surface area contributed by atoms with Gasteiger partial charge in [-0.25, -0.2) is 0 Å². The lowest BCUT2D eigenvalue weighted by Gasteiger charge is -2.52. The maximum absolute atomic E-state index is 13.2. The third-order valence-corrected chi connectivity index (χ3v) is 6.80. The molecule has 2 aliphatic carbocycles. The predicted octanol–water partition coefficient (Wildman–Crippen LogP) is 3.32. The number of aryl methyl sites for hydroxylation is 1. The van der Waals surface area contributed by atoms with Gasteiger partial charge in [-0.3, -0.25) is 9.48 Å². The van der Waals surface area contributed by atoms with Crippen LogP contribution in [0.15, 0.2) is 42.0 Å². The summed E-state index contributed by atoms with van der Waals surface area (Å²) < 4.78 is 1.69. The normalized spacial score (nSPS) is 27.9. The molecule has 1 aromatic heterocycles. The van der Waals surface area contributed by atoms with Gasteiger partial charge in [0.25, 0.3) is 0 Å². The van der Waals surface area contributed by atoms with Crippen LogP contribution in [0, 0.1) is 22.7 Å². The van der Waals surface area contributed by atoms with Crippen LogP contribution >= 0.6 is 0 Å². The number of hydrogen-bond acceptors (Lipinski definition) is 4. The first kappa shape index (κ1) is 18.6. The molecular formula is C23H25N3O2. The maximum Gasteiger partial charge on any atom is 0.211 e. The first-order chi connectivity index (χ1) is 13.2. The average molecular weight is 375 g/mol. The topological polar surface area (TPSA) is 78.9 Å². The van der Waals surface area contributed by atoms with Gasteiger partial charge >= 0.3 is 0 Å². The van der Waals surface area contributed by atoms with E-state index in [-0.39, 0.29) is 11.7 Å². The highest BCUT2D eigenvalue weighted by Gasteiger charge is 2.55. The zero-order valence-corrected chi connectivity index (χ0v) is 16.7. The Balaban J connectivity index is 1.90. The third kappa shape index (κ3) is 2.41. The Morgan fingerprint density at radius 3 is 2.61 bits per heavy atom. The first-order valence-electron chi connectivity index (χ1n) is 9.68. The summed E-state index contributed by atoms with van der Waals surface area (Å²) >= 11 is 0. The fraction of sp³-hybridized carbons (Fsp3) is 0.435. The summed E-state index contributed by atoms with van der Waals surface area (Å²) in [6.07, 6.45) is 2.67. The van der Waals surface area contributed by atoms with Gasteiger partial charge < -0.3 is 5.11 Å². The van der Waals surface area contributed by atoms with Crippen molar-refractivity contribution in [3.05, 3.63) is 64.5 Å². The van der Waals surface area contributed by atoms with Crippen LogP contribution in [0.2, 0.25) is 0 Å². The predicted molar refractivity (Wildman–Crippen MR) is 106 cm³/mol. The molecule has 3 atom stereocenters. The van der Waals surface area contributed by atoms with Gasteiger partial charge in [0, 0.05) is 23.6 Å². The summed E-state index contributed by atoms with van der Waals surface area (Å²) in [6.45, 7) is 6.13.